The van der Waals surface area contributed by atoms with Gasteiger partial charge in [-0.15, -0.1) is 0 Å². The number of halogens is 1. The number of nitrogens with zero attached hydrogens (tertiary/aromatic N) is 3. The molecule has 1 amide bonds. The number of aryl methyl sites for hydroxylation is 2. The fourth-order valence-electron chi connectivity index (χ4n) is 4.06. The Morgan fingerprint density at radius 2 is 1.68 bits per heavy atom. The average molecular weight is 519 g/mol. The highest BCUT2D eigenvalue weighted by Gasteiger charge is 2.27. The molecule has 0 radical (unpaired) electrons. The summed E-state index contributed by atoms with van der Waals surface area (Å²) in [6.07, 6.45) is 1.53. The molecule has 1 aromatic heterocycles. The molecule has 37 heavy (non-hydrogen) atoms. The van der Waals surface area contributed by atoms with Crippen LogP contribution in [0.25, 0.3) is 5.69 Å². The van der Waals surface area contributed by atoms with Crippen molar-refractivity contribution >= 4 is 27.8 Å². The molecule has 1 N–H and O–H groups in total. The summed E-state index contributed by atoms with van der Waals surface area (Å²) >= 11 is 0. The number of hydrogen-bond acceptors (Lipinski definition) is 4. The summed E-state index contributed by atoms with van der Waals surface area (Å²) in [7, 11) is -4.09. The van der Waals surface area contributed by atoms with Crippen LogP contribution in [0.5, 0.6) is 0 Å². The van der Waals surface area contributed by atoms with Gasteiger partial charge in [-0.25, -0.2) is 18.2 Å². The Morgan fingerprint density at radius 3 is 2.35 bits per heavy atom. The molecule has 0 aliphatic heterocycles. The van der Waals surface area contributed by atoms with Crippen LogP contribution in [-0.4, -0.2) is 31.7 Å². The SMILES string of the molecule is Cc1cccc(-n2c(C)cc(/C=N\NC(=O)CN(c3ccc(F)cc3)S(=O)(=O)c3ccccc3)c2C)c1. The van der Waals surface area contributed by atoms with Crippen molar-refractivity contribution in [3.8, 4) is 5.69 Å². The number of carbonyl (C=O) groups excluding carboxylic acids is 1. The Hall–Kier alpha value is -4.24. The first-order valence-corrected chi connectivity index (χ1v) is 13.0. The summed E-state index contributed by atoms with van der Waals surface area (Å²) < 4.78 is 43.1. The van der Waals surface area contributed by atoms with Crippen LogP contribution in [0.1, 0.15) is 22.5 Å². The summed E-state index contributed by atoms with van der Waals surface area (Å²) in [5.41, 5.74) is 7.50. The van der Waals surface area contributed by atoms with Gasteiger partial charge in [0.2, 0.25) is 0 Å². The third-order valence-corrected chi connectivity index (χ3v) is 7.64. The van der Waals surface area contributed by atoms with E-state index in [1.165, 1.54) is 30.5 Å². The number of hydrogen-bond donors (Lipinski definition) is 1. The maximum atomic E-state index is 13.5. The number of sulfonamides is 1. The molecule has 0 spiro atoms. The summed E-state index contributed by atoms with van der Waals surface area (Å²) in [4.78, 5) is 12.8. The molecule has 4 aromatic rings. The zero-order valence-corrected chi connectivity index (χ0v) is 21.5. The van der Waals surface area contributed by atoms with Gasteiger partial charge in [-0.3, -0.25) is 9.10 Å². The first kappa shape index (κ1) is 25.8. The number of carbonyl (C=O) groups is 1. The topological polar surface area (TPSA) is 83.8 Å². The van der Waals surface area contributed by atoms with Crippen LogP contribution in [0.15, 0.2) is 94.9 Å². The molecule has 0 bridgehead atoms. The first-order valence-electron chi connectivity index (χ1n) is 11.6. The Balaban J connectivity index is 1.54. The minimum Gasteiger partial charge on any atom is -0.318 e. The van der Waals surface area contributed by atoms with E-state index in [0.29, 0.717) is 0 Å². The van der Waals surface area contributed by atoms with E-state index in [1.54, 1.807) is 18.2 Å². The zero-order chi connectivity index (χ0) is 26.6. The fourth-order valence-corrected chi connectivity index (χ4v) is 5.51. The quantitative estimate of drug-likeness (QED) is 0.266. The van der Waals surface area contributed by atoms with E-state index in [4.69, 9.17) is 0 Å². The van der Waals surface area contributed by atoms with E-state index in [0.717, 1.165) is 44.6 Å². The van der Waals surface area contributed by atoms with Crippen molar-refractivity contribution < 1.29 is 17.6 Å². The molecule has 0 unspecified atom stereocenters. The van der Waals surface area contributed by atoms with E-state index in [1.807, 2.05) is 45.0 Å². The molecular weight excluding hydrogens is 491 g/mol. The lowest BCUT2D eigenvalue weighted by molar-refractivity contribution is -0.119. The molecule has 0 saturated carbocycles. The Kier molecular flexibility index (Phi) is 7.54. The lowest BCUT2D eigenvalue weighted by atomic mass is 10.2. The predicted molar refractivity (Wildman–Crippen MR) is 143 cm³/mol. The van der Waals surface area contributed by atoms with Gasteiger partial charge in [0.1, 0.15) is 12.4 Å². The molecular formula is C28H27FN4O3S. The monoisotopic (exact) mass is 518 g/mol. The highest BCUT2D eigenvalue weighted by atomic mass is 32.2. The second-order valence-electron chi connectivity index (χ2n) is 8.60. The number of anilines is 1. The third kappa shape index (κ3) is 5.78. The summed E-state index contributed by atoms with van der Waals surface area (Å²) in [6, 6.07) is 22.7. The Bertz CT molecular complexity index is 1550. The Labute approximate surface area is 215 Å². The number of aromatic nitrogens is 1. The number of rotatable bonds is 8. The van der Waals surface area contributed by atoms with Gasteiger partial charge in [-0.1, -0.05) is 30.3 Å². The van der Waals surface area contributed by atoms with E-state index < -0.39 is 28.3 Å². The summed E-state index contributed by atoms with van der Waals surface area (Å²) in [5.74, 6) is -1.16. The van der Waals surface area contributed by atoms with Crippen LogP contribution in [0.2, 0.25) is 0 Å². The minimum absolute atomic E-state index is 0.0132. The molecule has 0 aliphatic rings. The molecule has 4 rings (SSSR count). The highest BCUT2D eigenvalue weighted by molar-refractivity contribution is 7.92. The smallest absolute Gasteiger partial charge is 0.264 e. The molecule has 7 nitrogen and oxygen atoms in total. The van der Waals surface area contributed by atoms with Crippen LogP contribution in [-0.2, 0) is 14.8 Å². The molecule has 3 aromatic carbocycles. The van der Waals surface area contributed by atoms with Gasteiger partial charge < -0.3 is 4.57 Å². The van der Waals surface area contributed by atoms with E-state index in [-0.39, 0.29) is 10.6 Å². The molecule has 1 heterocycles. The van der Waals surface area contributed by atoms with E-state index in [2.05, 4.69) is 21.2 Å². The molecule has 0 atom stereocenters. The van der Waals surface area contributed by atoms with Gasteiger partial charge in [0.05, 0.1) is 16.8 Å². The zero-order valence-electron chi connectivity index (χ0n) is 20.7. The van der Waals surface area contributed by atoms with Crippen LogP contribution < -0.4 is 9.73 Å². The van der Waals surface area contributed by atoms with E-state index >= 15 is 0 Å². The van der Waals surface area contributed by atoms with Crippen LogP contribution in [0.3, 0.4) is 0 Å². The van der Waals surface area contributed by atoms with Crippen molar-refractivity contribution in [3.63, 3.8) is 0 Å². The van der Waals surface area contributed by atoms with Crippen molar-refractivity contribution in [2.24, 2.45) is 5.10 Å². The van der Waals surface area contributed by atoms with Gasteiger partial charge >= 0.3 is 0 Å². The van der Waals surface area contributed by atoms with Gasteiger partial charge in [-0.2, -0.15) is 5.10 Å². The number of amides is 1. The number of nitrogens with one attached hydrogen (secondary N) is 1. The van der Waals surface area contributed by atoms with Crippen LogP contribution in [0.4, 0.5) is 10.1 Å². The molecule has 9 heteroatoms. The second-order valence-corrected chi connectivity index (χ2v) is 10.5. The molecule has 0 fully saturated rings. The van der Waals surface area contributed by atoms with Crippen LogP contribution in [0, 0.1) is 26.6 Å². The van der Waals surface area contributed by atoms with Gasteiger partial charge in [0.15, 0.2) is 0 Å². The summed E-state index contributed by atoms with van der Waals surface area (Å²) in [6.45, 7) is 5.44. The Morgan fingerprint density at radius 1 is 0.973 bits per heavy atom. The molecule has 190 valence electrons. The third-order valence-electron chi connectivity index (χ3n) is 5.86. The second kappa shape index (κ2) is 10.8. The van der Waals surface area contributed by atoms with E-state index in [9.17, 15) is 17.6 Å². The molecule has 0 saturated heterocycles. The van der Waals surface area contributed by atoms with Gasteiger partial charge in [0, 0.05) is 22.6 Å². The average Bonchev–Trinajstić information content (AvgIpc) is 3.16. The van der Waals surface area contributed by atoms with Gasteiger partial charge in [0.25, 0.3) is 15.9 Å². The standard InChI is InChI=1S/C28H27FN4O3S/c1-20-8-7-9-26(16-20)33-21(2)17-23(22(33)3)18-30-31-28(34)19-32(25-14-12-24(29)13-15-25)37(35,36)27-10-5-4-6-11-27/h4-18H,19H2,1-3H3,(H,31,34)/b30-18-. The van der Waals surface area contributed by atoms with Gasteiger partial charge in [-0.05, 0) is 80.9 Å². The lowest BCUT2D eigenvalue weighted by Gasteiger charge is -2.23. The van der Waals surface area contributed by atoms with Crippen molar-refractivity contribution in [3.05, 3.63) is 113 Å². The van der Waals surface area contributed by atoms with Crippen molar-refractivity contribution in [1.82, 2.24) is 9.99 Å². The maximum absolute atomic E-state index is 13.5. The number of hydrazone groups is 1. The van der Waals surface area contributed by atoms with Crippen molar-refractivity contribution in [1.29, 1.82) is 0 Å². The minimum atomic E-state index is -4.09. The van der Waals surface area contributed by atoms with Crippen molar-refractivity contribution in [2.45, 2.75) is 25.7 Å². The number of benzene rings is 3. The predicted octanol–water partition coefficient (Wildman–Crippen LogP) is 4.89. The van der Waals surface area contributed by atoms with Crippen LogP contribution >= 0.6 is 0 Å². The summed E-state index contributed by atoms with van der Waals surface area (Å²) in [5, 5.41) is 4.06. The van der Waals surface area contributed by atoms with Crippen molar-refractivity contribution in [2.75, 3.05) is 10.8 Å². The molecule has 0 aliphatic carbocycles. The lowest BCUT2D eigenvalue weighted by Crippen LogP contribution is -2.39. The first-order chi connectivity index (χ1) is 17.7. The largest absolute Gasteiger partial charge is 0.318 e. The normalized spacial score (nSPS) is 11.6. The fraction of sp³-hybridized carbons (Fsp3) is 0.143. The maximum Gasteiger partial charge on any atom is 0.264 e. The highest BCUT2D eigenvalue weighted by Crippen LogP contribution is 2.24.